The van der Waals surface area contributed by atoms with Crippen molar-refractivity contribution in [2.45, 2.75) is 155 Å². The van der Waals surface area contributed by atoms with Crippen molar-refractivity contribution < 1.29 is 0 Å². The van der Waals surface area contributed by atoms with Crippen LogP contribution in [-0.2, 0) is 12.8 Å². The fourth-order valence-electron chi connectivity index (χ4n) is 6.21. The maximum atomic E-state index is 3.74. The van der Waals surface area contributed by atoms with E-state index < -0.39 is 0 Å². The summed E-state index contributed by atoms with van der Waals surface area (Å²) in [7, 11) is 0. The molecule has 0 nitrogen and oxygen atoms in total. The lowest BCUT2D eigenvalue weighted by molar-refractivity contribution is 0.553. The Bertz CT molecular complexity index is 1030. The molecule has 0 aromatic heterocycles. The fraction of sp³-hybridized carbons (Fsp3) is 0.632. The van der Waals surface area contributed by atoms with Crippen LogP contribution in [0.15, 0.2) is 40.9 Å². The molecule has 222 valence electrons. The molecule has 0 aliphatic rings. The average Bonchev–Trinajstić information content (AvgIpc) is 2.95. The molecule has 0 amide bonds. The highest BCUT2D eigenvalue weighted by Gasteiger charge is 2.09. The van der Waals surface area contributed by atoms with Crippen LogP contribution in [0.4, 0.5) is 0 Å². The summed E-state index contributed by atoms with van der Waals surface area (Å²) in [6.45, 7) is 4.61. The van der Waals surface area contributed by atoms with E-state index in [9.17, 15) is 0 Å². The van der Waals surface area contributed by atoms with E-state index in [4.69, 9.17) is 0 Å². The van der Waals surface area contributed by atoms with Crippen molar-refractivity contribution in [1.82, 2.24) is 0 Å². The number of benzene rings is 3. The Morgan fingerprint density at radius 2 is 0.750 bits per heavy atom. The Kier molecular flexibility index (Phi) is 17.2. The molecule has 0 aliphatic heterocycles. The van der Waals surface area contributed by atoms with E-state index in [-0.39, 0.29) is 0 Å². The first-order valence-electron chi connectivity index (χ1n) is 17.0. The number of hydrogen-bond acceptors (Lipinski definition) is 0. The predicted molar refractivity (Wildman–Crippen MR) is 193 cm³/mol. The molecule has 2 heteroatoms. The molecule has 0 unspecified atom stereocenters. The van der Waals surface area contributed by atoms with Gasteiger partial charge in [0.1, 0.15) is 0 Å². The molecule has 0 saturated carbocycles. The minimum absolute atomic E-state index is 1.20. The number of unbranched alkanes of at least 4 members (excludes halogenated alkanes) is 18. The van der Waals surface area contributed by atoms with Gasteiger partial charge in [0, 0.05) is 8.04 Å². The van der Waals surface area contributed by atoms with Crippen molar-refractivity contribution in [3.8, 4) is 0 Å². The van der Waals surface area contributed by atoms with Crippen LogP contribution >= 0.6 is 38.5 Å². The summed E-state index contributed by atoms with van der Waals surface area (Å²) in [5, 5.41) is 5.52. The van der Waals surface area contributed by atoms with Crippen molar-refractivity contribution >= 4 is 60.1 Å². The van der Waals surface area contributed by atoms with Gasteiger partial charge in [-0.3, -0.25) is 0 Å². The molecule has 0 N–H and O–H groups in total. The van der Waals surface area contributed by atoms with E-state index in [0.717, 1.165) is 0 Å². The van der Waals surface area contributed by atoms with Crippen LogP contribution in [0.3, 0.4) is 0 Å². The van der Waals surface area contributed by atoms with E-state index in [0.29, 0.717) is 0 Å². The van der Waals surface area contributed by atoms with Gasteiger partial charge in [-0.05, 0) is 121 Å². The van der Waals surface area contributed by atoms with Crippen molar-refractivity contribution in [2.75, 3.05) is 0 Å². The first-order valence-corrected chi connectivity index (χ1v) is 18.8. The maximum absolute atomic E-state index is 3.74. The van der Waals surface area contributed by atoms with Crippen LogP contribution in [0.25, 0.3) is 21.5 Å². The molecule has 0 spiro atoms. The average molecular weight is 720 g/mol. The second-order valence-corrected chi connectivity index (χ2v) is 14.3. The summed E-state index contributed by atoms with van der Waals surface area (Å²) in [6.07, 6.45) is 30.6. The minimum atomic E-state index is 1.20. The Hall–Kier alpha value is -0.610. The minimum Gasteiger partial charge on any atom is -0.0654 e. The maximum Gasteiger partial charge on any atom is 0.0315 e. The lowest BCUT2D eigenvalue weighted by Crippen LogP contribution is -1.97. The highest BCUT2D eigenvalue weighted by atomic mass is 127. The molecule has 40 heavy (non-hydrogen) atoms. The summed E-state index contributed by atoms with van der Waals surface area (Å²) < 4.78 is 2.48. The number of rotatable bonds is 22. The van der Waals surface area contributed by atoms with Gasteiger partial charge in [-0.2, -0.15) is 0 Å². The van der Waals surface area contributed by atoms with E-state index in [1.165, 1.54) is 171 Å². The lowest BCUT2D eigenvalue weighted by Gasteiger charge is -2.14. The Morgan fingerprint density at radius 3 is 1.15 bits per heavy atom. The summed E-state index contributed by atoms with van der Waals surface area (Å²) in [5.41, 5.74) is 3.24. The zero-order valence-corrected chi connectivity index (χ0v) is 29.5. The molecule has 3 rings (SSSR count). The van der Waals surface area contributed by atoms with E-state index in [2.05, 4.69) is 88.8 Å². The molecule has 0 fully saturated rings. The molecule has 0 aliphatic carbocycles. The van der Waals surface area contributed by atoms with Crippen LogP contribution < -0.4 is 0 Å². The van der Waals surface area contributed by atoms with E-state index in [1.807, 2.05) is 0 Å². The smallest absolute Gasteiger partial charge is 0.0315 e. The van der Waals surface area contributed by atoms with Gasteiger partial charge in [0.25, 0.3) is 0 Å². The summed E-state index contributed by atoms with van der Waals surface area (Å²) >= 11 is 6.17. The van der Waals surface area contributed by atoms with Crippen LogP contribution in [0, 0.1) is 3.57 Å². The first kappa shape index (κ1) is 33.9. The zero-order valence-electron chi connectivity index (χ0n) is 25.8. The largest absolute Gasteiger partial charge is 0.0654 e. The van der Waals surface area contributed by atoms with Gasteiger partial charge < -0.3 is 0 Å². The molecule has 0 saturated heterocycles. The molecular formula is C38H56BrI. The van der Waals surface area contributed by atoms with Crippen molar-refractivity contribution in [3.05, 3.63) is 55.6 Å². The second kappa shape index (κ2) is 20.3. The number of hydrogen-bond donors (Lipinski definition) is 0. The van der Waals surface area contributed by atoms with Gasteiger partial charge >= 0.3 is 0 Å². The Labute approximate surface area is 269 Å². The topological polar surface area (TPSA) is 0 Å². The Morgan fingerprint density at radius 1 is 0.425 bits per heavy atom. The van der Waals surface area contributed by atoms with Crippen molar-refractivity contribution in [2.24, 2.45) is 0 Å². The van der Waals surface area contributed by atoms with Crippen LogP contribution in [0.2, 0.25) is 0 Å². The molecule has 0 heterocycles. The summed E-state index contributed by atoms with van der Waals surface area (Å²) in [4.78, 5) is 0. The third-order valence-corrected chi connectivity index (χ3v) is 11.0. The normalized spacial score (nSPS) is 11.7. The van der Waals surface area contributed by atoms with Gasteiger partial charge in [-0.25, -0.2) is 0 Å². The van der Waals surface area contributed by atoms with Crippen LogP contribution in [0.5, 0.6) is 0 Å². The van der Waals surface area contributed by atoms with Gasteiger partial charge in [-0.15, -0.1) is 0 Å². The third-order valence-electron chi connectivity index (χ3n) is 8.75. The quantitative estimate of drug-likeness (QED) is 0.0551. The molecule has 3 aromatic carbocycles. The molecular weight excluding hydrogens is 663 g/mol. The SMILES string of the molecule is CCCCCCCCCCCCc1cc2cc3cc(Br)c(I)cc3cc2cc1CCCCCCCCCCCC. The highest BCUT2D eigenvalue weighted by molar-refractivity contribution is 14.1. The van der Waals surface area contributed by atoms with Gasteiger partial charge in [0.05, 0.1) is 0 Å². The van der Waals surface area contributed by atoms with Crippen LogP contribution in [0.1, 0.15) is 153 Å². The molecule has 0 radical (unpaired) electrons. The predicted octanol–water partition coefficient (Wildman–Crippen LogP) is 14.3. The third kappa shape index (κ3) is 12.3. The monoisotopic (exact) mass is 718 g/mol. The standard InChI is InChI=1S/C38H56BrI/c1-3-5-7-9-11-13-15-17-19-21-23-31-25-33-27-35-29-37(39)38(40)30-36(35)28-34(33)26-32(31)24-22-20-18-16-14-12-10-8-6-4-2/h25-30H,3-24H2,1-2H3. The lowest BCUT2D eigenvalue weighted by atomic mass is 9.92. The number of fused-ring (bicyclic) bond motifs is 2. The second-order valence-electron chi connectivity index (χ2n) is 12.3. The molecule has 0 bridgehead atoms. The fourth-order valence-corrected chi connectivity index (χ4v) is 7.06. The molecule has 0 atom stereocenters. The van der Waals surface area contributed by atoms with Gasteiger partial charge in [0.2, 0.25) is 0 Å². The van der Waals surface area contributed by atoms with Gasteiger partial charge in [0.15, 0.2) is 0 Å². The zero-order chi connectivity index (χ0) is 28.4. The van der Waals surface area contributed by atoms with E-state index in [1.54, 1.807) is 11.1 Å². The van der Waals surface area contributed by atoms with Gasteiger partial charge in [-0.1, -0.05) is 142 Å². The molecule has 3 aromatic rings. The first-order chi connectivity index (χ1) is 19.6. The Balaban J connectivity index is 1.55. The highest BCUT2D eigenvalue weighted by Crippen LogP contribution is 2.31. The van der Waals surface area contributed by atoms with Crippen molar-refractivity contribution in [1.29, 1.82) is 0 Å². The van der Waals surface area contributed by atoms with Crippen LogP contribution in [-0.4, -0.2) is 0 Å². The summed E-state index contributed by atoms with van der Waals surface area (Å²) in [6, 6.07) is 14.5. The van der Waals surface area contributed by atoms with E-state index >= 15 is 0 Å². The van der Waals surface area contributed by atoms with Crippen molar-refractivity contribution in [3.63, 3.8) is 0 Å². The number of aryl methyl sites for hydroxylation is 2. The summed E-state index contributed by atoms with van der Waals surface area (Å²) in [5.74, 6) is 0. The number of halogens is 2.